The van der Waals surface area contributed by atoms with E-state index in [1.807, 2.05) is 0 Å². The third kappa shape index (κ3) is 3.83. The van der Waals surface area contributed by atoms with Crippen LogP contribution in [0.3, 0.4) is 0 Å². The second-order valence-corrected chi connectivity index (χ2v) is 10.4. The van der Waals surface area contributed by atoms with Crippen molar-refractivity contribution in [3.63, 3.8) is 0 Å². The predicted molar refractivity (Wildman–Crippen MR) is 110 cm³/mol. The Bertz CT molecular complexity index is 1070. The van der Waals surface area contributed by atoms with E-state index in [4.69, 9.17) is 14.5 Å². The highest BCUT2D eigenvalue weighted by Gasteiger charge is 2.58. The summed E-state index contributed by atoms with van der Waals surface area (Å²) in [5, 5.41) is 0. The molecule has 0 N–H and O–H groups in total. The Morgan fingerprint density at radius 3 is 2.78 bits per heavy atom. The summed E-state index contributed by atoms with van der Waals surface area (Å²) in [7, 11) is -2.21. The molecule has 1 spiro atoms. The Morgan fingerprint density at radius 1 is 1.34 bits per heavy atom. The van der Waals surface area contributed by atoms with Gasteiger partial charge in [-0.1, -0.05) is 13.0 Å². The minimum Gasteiger partial charge on any atom is -0.461 e. The minimum atomic E-state index is -5.80. The van der Waals surface area contributed by atoms with Crippen LogP contribution in [0.4, 0.5) is 13.2 Å². The van der Waals surface area contributed by atoms with Crippen LogP contribution in [0.25, 0.3) is 0 Å². The van der Waals surface area contributed by atoms with Gasteiger partial charge >= 0.3 is 21.6 Å². The summed E-state index contributed by atoms with van der Waals surface area (Å²) in [6.45, 7) is 3.23. The molecule has 0 saturated carbocycles. The van der Waals surface area contributed by atoms with E-state index in [2.05, 4.69) is 16.1 Å². The van der Waals surface area contributed by atoms with Crippen molar-refractivity contribution in [3.05, 3.63) is 29.3 Å². The molecule has 0 amide bonds. The molecule has 1 aromatic carbocycles. The quantitative estimate of drug-likeness (QED) is 0.289. The van der Waals surface area contributed by atoms with E-state index >= 15 is 0 Å². The third-order valence-electron chi connectivity index (χ3n) is 6.27. The van der Waals surface area contributed by atoms with Crippen molar-refractivity contribution in [2.45, 2.75) is 30.8 Å². The number of hydrogen-bond donors (Lipinski definition) is 0. The van der Waals surface area contributed by atoms with E-state index in [-0.39, 0.29) is 24.0 Å². The van der Waals surface area contributed by atoms with Crippen LogP contribution in [-0.4, -0.2) is 65.1 Å². The molecule has 2 aliphatic heterocycles. The maximum absolute atomic E-state index is 12.8. The number of amidine groups is 1. The predicted octanol–water partition coefficient (Wildman–Crippen LogP) is 2.69. The zero-order valence-corrected chi connectivity index (χ0v) is 18.7. The number of nitrogens with zero attached hydrogens (tertiary/aromatic N) is 3. The van der Waals surface area contributed by atoms with Crippen LogP contribution >= 0.6 is 0 Å². The second kappa shape index (κ2) is 7.62. The number of rotatable bonds is 3. The Hall–Kier alpha value is -2.34. The average molecular weight is 475 g/mol. The van der Waals surface area contributed by atoms with Gasteiger partial charge in [0.25, 0.3) is 0 Å². The summed E-state index contributed by atoms with van der Waals surface area (Å²) in [4.78, 5) is 10.7. The summed E-state index contributed by atoms with van der Waals surface area (Å²) < 4.78 is 77.5. The highest BCUT2D eigenvalue weighted by molar-refractivity contribution is 7.88. The molecule has 3 aliphatic rings. The smallest absolute Gasteiger partial charge is 0.461 e. The van der Waals surface area contributed by atoms with Gasteiger partial charge in [-0.05, 0) is 41.5 Å². The van der Waals surface area contributed by atoms with Crippen LogP contribution in [0, 0.1) is 11.3 Å². The normalized spacial score (nSPS) is 29.9. The average Bonchev–Trinajstić information content (AvgIpc) is 3.10. The van der Waals surface area contributed by atoms with Gasteiger partial charge in [0.15, 0.2) is 0 Å². The van der Waals surface area contributed by atoms with Crippen LogP contribution in [0.5, 0.6) is 5.75 Å². The summed E-state index contributed by atoms with van der Waals surface area (Å²) in [5.74, 6) is -0.570. The van der Waals surface area contributed by atoms with Crippen LogP contribution < -0.4 is 4.18 Å². The fraction of sp³-hybridized carbons (Fsp3) is 0.600. The van der Waals surface area contributed by atoms with Gasteiger partial charge in [0, 0.05) is 26.6 Å². The number of fused-ring (bicyclic) bond motifs is 4. The first-order valence-corrected chi connectivity index (χ1v) is 11.4. The standard InChI is InChI=1S/C20H24F3N3O5S/c1-18-6-7-29-10-16(18)19(11-30-17(25-19)24-12-26(2)3)15-8-14(5-4-13(15)9-18)31-32(27,28)20(21,22)23/h4-5,8,12,16H,6-7,9-11H2,1-3H3/t16?,18-,19?/m0/s1. The van der Waals surface area contributed by atoms with Gasteiger partial charge in [-0.3, -0.25) is 0 Å². The third-order valence-corrected chi connectivity index (χ3v) is 7.25. The van der Waals surface area contributed by atoms with Crippen LogP contribution in [0.1, 0.15) is 24.5 Å². The van der Waals surface area contributed by atoms with Crippen molar-refractivity contribution >= 4 is 22.5 Å². The van der Waals surface area contributed by atoms with Crippen molar-refractivity contribution < 1.29 is 35.2 Å². The van der Waals surface area contributed by atoms with Gasteiger partial charge in [-0.15, -0.1) is 0 Å². The molecule has 8 nitrogen and oxygen atoms in total. The number of ether oxygens (including phenoxy) is 2. The number of alkyl halides is 3. The second-order valence-electron chi connectivity index (χ2n) is 8.83. The molecule has 1 saturated heterocycles. The van der Waals surface area contributed by atoms with Crippen LogP contribution in [0.2, 0.25) is 0 Å². The maximum atomic E-state index is 12.8. The highest BCUT2D eigenvalue weighted by atomic mass is 32.2. The Balaban J connectivity index is 1.82. The van der Waals surface area contributed by atoms with E-state index in [9.17, 15) is 21.6 Å². The van der Waals surface area contributed by atoms with Gasteiger partial charge in [-0.2, -0.15) is 26.6 Å². The van der Waals surface area contributed by atoms with Crippen LogP contribution in [0.15, 0.2) is 28.2 Å². The van der Waals surface area contributed by atoms with E-state index in [1.165, 1.54) is 18.5 Å². The molecule has 0 bridgehead atoms. The van der Waals surface area contributed by atoms with Gasteiger partial charge in [0.1, 0.15) is 17.9 Å². The van der Waals surface area contributed by atoms with Gasteiger partial charge in [0.05, 0.1) is 12.9 Å². The Kier molecular flexibility index (Phi) is 5.44. The van der Waals surface area contributed by atoms with Gasteiger partial charge < -0.3 is 18.6 Å². The fourth-order valence-corrected chi connectivity index (χ4v) is 5.18. The Morgan fingerprint density at radius 2 is 2.09 bits per heavy atom. The number of halogens is 3. The molecule has 2 unspecified atom stereocenters. The van der Waals surface area contributed by atoms with Crippen molar-refractivity contribution in [1.29, 1.82) is 0 Å². The molecule has 2 heterocycles. The minimum absolute atomic E-state index is 0.110. The van der Waals surface area contributed by atoms with Crippen molar-refractivity contribution in [2.75, 3.05) is 33.9 Å². The molecule has 176 valence electrons. The molecule has 0 radical (unpaired) electrons. The molecule has 0 aromatic heterocycles. The zero-order chi connectivity index (χ0) is 23.4. The van der Waals surface area contributed by atoms with E-state index < -0.39 is 26.9 Å². The highest BCUT2D eigenvalue weighted by Crippen LogP contribution is 2.56. The molecule has 3 atom stereocenters. The van der Waals surface area contributed by atoms with Crippen LogP contribution in [-0.2, 0) is 31.6 Å². The monoisotopic (exact) mass is 475 g/mol. The lowest BCUT2D eigenvalue weighted by atomic mass is 9.56. The first-order valence-electron chi connectivity index (χ1n) is 10.0. The summed E-state index contributed by atoms with van der Waals surface area (Å²) >= 11 is 0. The molecule has 4 rings (SSSR count). The lowest BCUT2D eigenvalue weighted by Crippen LogP contribution is -2.54. The van der Waals surface area contributed by atoms with E-state index in [0.717, 1.165) is 12.0 Å². The Labute approximate surface area is 184 Å². The number of hydrogen-bond acceptors (Lipinski definition) is 7. The lowest BCUT2D eigenvalue weighted by Gasteiger charge is -2.52. The van der Waals surface area contributed by atoms with Crippen molar-refractivity contribution in [1.82, 2.24) is 4.90 Å². The summed E-state index contributed by atoms with van der Waals surface area (Å²) in [6, 6.07) is 4.31. The zero-order valence-electron chi connectivity index (χ0n) is 17.8. The topological polar surface area (TPSA) is 89.8 Å². The molecule has 1 aliphatic carbocycles. The summed E-state index contributed by atoms with van der Waals surface area (Å²) in [6.07, 6.45) is 2.97. The first-order chi connectivity index (χ1) is 14.9. The molecule has 1 fully saturated rings. The molecule has 1 aromatic rings. The van der Waals surface area contributed by atoms with Gasteiger partial charge in [-0.25, -0.2) is 4.99 Å². The summed E-state index contributed by atoms with van der Waals surface area (Å²) in [5.41, 5.74) is -5.27. The van der Waals surface area contributed by atoms with Crippen molar-refractivity contribution in [3.8, 4) is 5.75 Å². The number of aliphatic imine (C=N–C) groups is 2. The fourth-order valence-electron chi connectivity index (χ4n) is 4.73. The molecule has 32 heavy (non-hydrogen) atoms. The van der Waals surface area contributed by atoms with E-state index in [1.54, 1.807) is 25.1 Å². The lowest BCUT2D eigenvalue weighted by molar-refractivity contribution is -0.0792. The van der Waals surface area contributed by atoms with E-state index in [0.29, 0.717) is 25.2 Å². The number of benzene rings is 1. The van der Waals surface area contributed by atoms with Gasteiger partial charge in [0.2, 0.25) is 0 Å². The van der Waals surface area contributed by atoms with Crippen molar-refractivity contribution in [2.24, 2.45) is 21.3 Å². The maximum Gasteiger partial charge on any atom is 0.534 e. The molecule has 12 heteroatoms. The SMILES string of the molecule is CN(C)C=NC1=NC2(CO1)c1cc(OS(=O)(=O)C(F)(F)F)ccc1C[C@]1(C)CCOCC21. The molecular formula is C20H24F3N3O5S. The molecular weight excluding hydrogens is 451 g/mol. The first kappa shape index (κ1) is 22.8. The largest absolute Gasteiger partial charge is 0.534 e.